The van der Waals surface area contributed by atoms with Crippen molar-refractivity contribution in [1.82, 2.24) is 15.8 Å². The summed E-state index contributed by atoms with van der Waals surface area (Å²) in [5.74, 6) is -0.300. The Labute approximate surface area is 163 Å². The second kappa shape index (κ2) is 8.81. The molecule has 0 aliphatic carbocycles. The minimum absolute atomic E-state index is 0.227. The molecule has 0 aliphatic heterocycles. The normalized spacial score (nSPS) is 10.2. The summed E-state index contributed by atoms with van der Waals surface area (Å²) < 4.78 is 5.66. The standard InChI is InChI=1S/C22H21N3O3/c1-15-12-13-18(16(2)23-15)22(27)25-24-21(26)14-28-20-11-7-6-10-19(20)17-8-4-3-5-9-17/h3-13H,14H2,1-2H3,(H,24,26)(H,25,27). The lowest BCUT2D eigenvalue weighted by Gasteiger charge is -2.12. The van der Waals surface area contributed by atoms with Gasteiger partial charge in [-0.25, -0.2) is 0 Å². The van der Waals surface area contributed by atoms with Gasteiger partial charge in [-0.3, -0.25) is 25.4 Å². The van der Waals surface area contributed by atoms with Crippen LogP contribution in [0.25, 0.3) is 11.1 Å². The van der Waals surface area contributed by atoms with Crippen LogP contribution in [0.1, 0.15) is 21.7 Å². The second-order valence-corrected chi connectivity index (χ2v) is 6.24. The number of nitrogens with one attached hydrogen (secondary N) is 2. The lowest BCUT2D eigenvalue weighted by molar-refractivity contribution is -0.123. The monoisotopic (exact) mass is 375 g/mol. The lowest BCUT2D eigenvalue weighted by Crippen LogP contribution is -2.44. The van der Waals surface area contributed by atoms with Crippen molar-refractivity contribution < 1.29 is 14.3 Å². The molecule has 0 fully saturated rings. The van der Waals surface area contributed by atoms with Crippen LogP contribution in [0.4, 0.5) is 0 Å². The number of aromatic nitrogens is 1. The van der Waals surface area contributed by atoms with Crippen molar-refractivity contribution in [2.75, 3.05) is 6.61 Å². The van der Waals surface area contributed by atoms with Crippen LogP contribution in [0.2, 0.25) is 0 Å². The summed E-state index contributed by atoms with van der Waals surface area (Å²) in [6.07, 6.45) is 0. The number of nitrogens with zero attached hydrogens (tertiary/aromatic N) is 1. The van der Waals surface area contributed by atoms with Crippen LogP contribution >= 0.6 is 0 Å². The molecule has 0 aliphatic rings. The maximum atomic E-state index is 12.2. The zero-order chi connectivity index (χ0) is 19.9. The van der Waals surface area contributed by atoms with E-state index in [4.69, 9.17) is 4.74 Å². The molecule has 0 radical (unpaired) electrons. The van der Waals surface area contributed by atoms with Gasteiger partial charge in [0.15, 0.2) is 6.61 Å². The summed E-state index contributed by atoms with van der Waals surface area (Å²) >= 11 is 0. The van der Waals surface area contributed by atoms with Crippen molar-refractivity contribution in [1.29, 1.82) is 0 Å². The maximum Gasteiger partial charge on any atom is 0.276 e. The van der Waals surface area contributed by atoms with Gasteiger partial charge < -0.3 is 4.74 Å². The van der Waals surface area contributed by atoms with Gasteiger partial charge in [-0.15, -0.1) is 0 Å². The average molecular weight is 375 g/mol. The number of carbonyl (C=O) groups is 2. The first-order valence-corrected chi connectivity index (χ1v) is 8.85. The van der Waals surface area contributed by atoms with Crippen molar-refractivity contribution in [3.8, 4) is 16.9 Å². The van der Waals surface area contributed by atoms with Crippen LogP contribution in [0.3, 0.4) is 0 Å². The Kier molecular flexibility index (Phi) is 6.01. The van der Waals surface area contributed by atoms with Gasteiger partial charge in [0.1, 0.15) is 5.75 Å². The Morgan fingerprint density at radius 3 is 2.36 bits per heavy atom. The number of para-hydroxylation sites is 1. The number of carbonyl (C=O) groups excluding carboxylic acids is 2. The fraction of sp³-hybridized carbons (Fsp3) is 0.136. The molecule has 2 amide bonds. The molecule has 3 aromatic rings. The molecule has 142 valence electrons. The quantitative estimate of drug-likeness (QED) is 0.671. The molecule has 1 heterocycles. The highest BCUT2D eigenvalue weighted by Gasteiger charge is 2.12. The first kappa shape index (κ1) is 19.1. The third-order valence-corrected chi connectivity index (χ3v) is 4.12. The van der Waals surface area contributed by atoms with Gasteiger partial charge in [-0.05, 0) is 37.6 Å². The lowest BCUT2D eigenvalue weighted by atomic mass is 10.1. The first-order valence-electron chi connectivity index (χ1n) is 8.85. The number of ether oxygens (including phenoxy) is 1. The molecule has 2 N–H and O–H groups in total. The number of hydrogen-bond acceptors (Lipinski definition) is 4. The van der Waals surface area contributed by atoms with Crippen LogP contribution in [0.15, 0.2) is 66.7 Å². The number of hydrogen-bond donors (Lipinski definition) is 2. The van der Waals surface area contributed by atoms with Crippen LogP contribution in [-0.4, -0.2) is 23.4 Å². The zero-order valence-electron chi connectivity index (χ0n) is 15.7. The van der Waals surface area contributed by atoms with Crippen LogP contribution in [0, 0.1) is 13.8 Å². The van der Waals surface area contributed by atoms with Crippen LogP contribution in [0.5, 0.6) is 5.75 Å². The molecule has 28 heavy (non-hydrogen) atoms. The van der Waals surface area contributed by atoms with Gasteiger partial charge in [-0.1, -0.05) is 48.5 Å². The highest BCUT2D eigenvalue weighted by atomic mass is 16.5. The summed E-state index contributed by atoms with van der Waals surface area (Å²) in [7, 11) is 0. The molecular weight excluding hydrogens is 354 g/mol. The molecule has 6 heteroatoms. The van der Waals surface area contributed by atoms with Crippen molar-refractivity contribution in [2.24, 2.45) is 0 Å². The van der Waals surface area contributed by atoms with E-state index in [9.17, 15) is 9.59 Å². The Bertz CT molecular complexity index is 987. The molecule has 0 saturated carbocycles. The van der Waals surface area contributed by atoms with Gasteiger partial charge >= 0.3 is 0 Å². The van der Waals surface area contributed by atoms with E-state index in [1.54, 1.807) is 25.1 Å². The first-order chi connectivity index (χ1) is 13.5. The van der Waals surface area contributed by atoms with Crippen molar-refractivity contribution >= 4 is 11.8 Å². The minimum atomic E-state index is -0.464. The van der Waals surface area contributed by atoms with E-state index in [-0.39, 0.29) is 6.61 Å². The Morgan fingerprint density at radius 1 is 0.893 bits per heavy atom. The Balaban J connectivity index is 1.57. The molecular formula is C22H21N3O3. The van der Waals surface area contributed by atoms with E-state index >= 15 is 0 Å². The number of aryl methyl sites for hydroxylation is 2. The van der Waals surface area contributed by atoms with Crippen molar-refractivity contribution in [3.63, 3.8) is 0 Å². The molecule has 0 unspecified atom stereocenters. The van der Waals surface area contributed by atoms with Crippen molar-refractivity contribution in [3.05, 3.63) is 83.7 Å². The largest absolute Gasteiger partial charge is 0.483 e. The molecule has 0 saturated heterocycles. The van der Waals surface area contributed by atoms with Gasteiger partial charge in [0.2, 0.25) is 0 Å². The second-order valence-electron chi connectivity index (χ2n) is 6.24. The van der Waals surface area contributed by atoms with Gasteiger partial charge in [0, 0.05) is 11.3 Å². The third kappa shape index (κ3) is 4.73. The molecule has 0 bridgehead atoms. The topological polar surface area (TPSA) is 80.3 Å². The Morgan fingerprint density at radius 2 is 1.61 bits per heavy atom. The summed E-state index contributed by atoms with van der Waals surface area (Å²) in [5.41, 5.74) is 8.45. The number of amides is 2. The molecule has 1 aromatic heterocycles. The summed E-state index contributed by atoms with van der Waals surface area (Å²) in [6.45, 7) is 3.36. The van der Waals surface area contributed by atoms with E-state index in [2.05, 4.69) is 15.8 Å². The van der Waals surface area contributed by atoms with E-state index < -0.39 is 11.8 Å². The molecule has 0 spiro atoms. The third-order valence-electron chi connectivity index (χ3n) is 4.12. The summed E-state index contributed by atoms with van der Waals surface area (Å²) in [6, 6.07) is 20.7. The number of hydrazine groups is 1. The molecule has 0 atom stereocenters. The SMILES string of the molecule is Cc1ccc(C(=O)NNC(=O)COc2ccccc2-c2ccccc2)c(C)n1. The summed E-state index contributed by atoms with van der Waals surface area (Å²) in [4.78, 5) is 28.5. The highest BCUT2D eigenvalue weighted by Crippen LogP contribution is 2.29. The minimum Gasteiger partial charge on any atom is -0.483 e. The predicted octanol–water partition coefficient (Wildman–Crippen LogP) is 3.21. The number of pyridine rings is 1. The van der Waals surface area contributed by atoms with E-state index in [0.29, 0.717) is 17.0 Å². The van der Waals surface area contributed by atoms with Gasteiger partial charge in [-0.2, -0.15) is 0 Å². The van der Waals surface area contributed by atoms with Gasteiger partial charge in [0.05, 0.1) is 11.3 Å². The Hall–Kier alpha value is -3.67. The highest BCUT2D eigenvalue weighted by molar-refractivity contribution is 5.96. The van der Waals surface area contributed by atoms with Crippen LogP contribution in [-0.2, 0) is 4.79 Å². The maximum absolute atomic E-state index is 12.2. The van der Waals surface area contributed by atoms with E-state index in [1.165, 1.54) is 0 Å². The molecule has 6 nitrogen and oxygen atoms in total. The summed E-state index contributed by atoms with van der Waals surface area (Å²) in [5, 5.41) is 0. The zero-order valence-corrected chi connectivity index (χ0v) is 15.7. The number of rotatable bonds is 5. The average Bonchev–Trinajstić information content (AvgIpc) is 2.71. The van der Waals surface area contributed by atoms with E-state index in [1.807, 2.05) is 55.5 Å². The molecule has 2 aromatic carbocycles. The fourth-order valence-corrected chi connectivity index (χ4v) is 2.75. The smallest absolute Gasteiger partial charge is 0.276 e. The number of benzene rings is 2. The predicted molar refractivity (Wildman–Crippen MR) is 107 cm³/mol. The van der Waals surface area contributed by atoms with Gasteiger partial charge in [0.25, 0.3) is 11.8 Å². The van der Waals surface area contributed by atoms with Crippen molar-refractivity contribution in [2.45, 2.75) is 13.8 Å². The molecule has 3 rings (SSSR count). The fourth-order valence-electron chi connectivity index (χ4n) is 2.75. The van der Waals surface area contributed by atoms with Crippen LogP contribution < -0.4 is 15.6 Å². The van der Waals surface area contributed by atoms with E-state index in [0.717, 1.165) is 16.8 Å².